The molecule has 12 aromatic rings. The molecule has 0 fully saturated rings. The first-order valence-corrected chi connectivity index (χ1v) is 20.7. The van der Waals surface area contributed by atoms with E-state index >= 15 is 0 Å². The minimum absolute atomic E-state index is 0.683. The van der Waals surface area contributed by atoms with Crippen molar-refractivity contribution in [3.63, 3.8) is 0 Å². The molecular weight excluding hydrogens is 745 g/mol. The SMILES string of the molecule is c1ccc(-c2cc(-n3c4ccccc4c4c(-c5ccc6c(c5)Oc5cc7c(c8cccc-6c58)c5ccccc5n7-c5ccccc5)cccc43)nc(-c3ccccc3)n2)cc1. The number of fused-ring (bicyclic) bond motifs is 9. The maximum Gasteiger partial charge on any atom is 0.162 e. The van der Waals surface area contributed by atoms with Crippen LogP contribution in [0.3, 0.4) is 0 Å². The molecule has 4 heterocycles. The van der Waals surface area contributed by atoms with E-state index in [4.69, 9.17) is 14.7 Å². The second kappa shape index (κ2) is 13.1. The number of hydrogen-bond acceptors (Lipinski definition) is 3. The third-order valence-electron chi connectivity index (χ3n) is 12.3. The molecule has 284 valence electrons. The molecule has 13 rings (SSSR count). The van der Waals surface area contributed by atoms with Crippen LogP contribution in [-0.2, 0) is 0 Å². The zero-order valence-corrected chi connectivity index (χ0v) is 32.8. The van der Waals surface area contributed by atoms with Crippen molar-refractivity contribution in [1.82, 2.24) is 19.1 Å². The van der Waals surface area contributed by atoms with Gasteiger partial charge in [-0.25, -0.2) is 9.97 Å². The largest absolute Gasteiger partial charge is 0.456 e. The van der Waals surface area contributed by atoms with Crippen molar-refractivity contribution in [3.05, 3.63) is 206 Å². The molecular formula is C56H34N4O. The van der Waals surface area contributed by atoms with Gasteiger partial charge in [0.05, 0.1) is 27.8 Å². The van der Waals surface area contributed by atoms with Gasteiger partial charge in [-0.3, -0.25) is 4.57 Å². The molecule has 0 spiro atoms. The molecule has 61 heavy (non-hydrogen) atoms. The van der Waals surface area contributed by atoms with Gasteiger partial charge < -0.3 is 9.30 Å². The van der Waals surface area contributed by atoms with Crippen LogP contribution in [0.5, 0.6) is 11.5 Å². The summed E-state index contributed by atoms with van der Waals surface area (Å²) in [6.45, 7) is 0. The van der Waals surface area contributed by atoms with E-state index in [0.717, 1.165) is 89.2 Å². The highest BCUT2D eigenvalue weighted by Gasteiger charge is 2.26. The van der Waals surface area contributed by atoms with Gasteiger partial charge in [-0.2, -0.15) is 0 Å². The molecule has 0 radical (unpaired) electrons. The number of ether oxygens (including phenoxy) is 1. The first kappa shape index (κ1) is 33.7. The average molecular weight is 779 g/mol. The molecule has 5 heteroatoms. The molecule has 0 bridgehead atoms. The standard InChI is InChI=1S/C56H34N4O/c1-4-16-35(17-5-1)45-33-52(58-56(57-45)36-18-6-2-7-19-36)60-47-28-13-11-23-43(47)53-39(24-15-29-48(53)60)37-30-31-40-41-25-14-26-44-54-42-22-10-12-27-46(42)59(38-20-8-3-9-21-38)49(54)34-51(55(41)44)61-50(40)32-37/h1-34H. The molecule has 0 N–H and O–H groups in total. The summed E-state index contributed by atoms with van der Waals surface area (Å²) in [6.07, 6.45) is 0. The third-order valence-corrected chi connectivity index (χ3v) is 12.3. The highest BCUT2D eigenvalue weighted by Crippen LogP contribution is 2.52. The van der Waals surface area contributed by atoms with Gasteiger partial charge in [-0.05, 0) is 64.5 Å². The first-order valence-electron chi connectivity index (χ1n) is 20.7. The van der Waals surface area contributed by atoms with Crippen LogP contribution in [0.25, 0.3) is 111 Å². The van der Waals surface area contributed by atoms with E-state index in [9.17, 15) is 0 Å². The van der Waals surface area contributed by atoms with Crippen LogP contribution in [0, 0.1) is 0 Å². The molecule has 0 aliphatic carbocycles. The Morgan fingerprint density at radius 1 is 0.344 bits per heavy atom. The van der Waals surface area contributed by atoms with Gasteiger partial charge in [0.25, 0.3) is 0 Å². The summed E-state index contributed by atoms with van der Waals surface area (Å²) in [5, 5.41) is 7.12. The van der Waals surface area contributed by atoms with Gasteiger partial charge in [0.2, 0.25) is 0 Å². The Hall–Kier alpha value is -8.28. The maximum absolute atomic E-state index is 7.06. The van der Waals surface area contributed by atoms with Crippen LogP contribution < -0.4 is 4.74 Å². The van der Waals surface area contributed by atoms with E-state index in [2.05, 4.69) is 191 Å². The number of aromatic nitrogens is 4. The highest BCUT2D eigenvalue weighted by atomic mass is 16.5. The minimum Gasteiger partial charge on any atom is -0.456 e. The van der Waals surface area contributed by atoms with Crippen LogP contribution in [0.1, 0.15) is 0 Å². The highest BCUT2D eigenvalue weighted by molar-refractivity contribution is 6.25. The number of rotatable bonds is 5. The summed E-state index contributed by atoms with van der Waals surface area (Å²) in [4.78, 5) is 10.4. The zero-order chi connectivity index (χ0) is 40.0. The maximum atomic E-state index is 7.06. The second-order valence-corrected chi connectivity index (χ2v) is 15.7. The van der Waals surface area contributed by atoms with Gasteiger partial charge in [0.1, 0.15) is 17.3 Å². The summed E-state index contributed by atoms with van der Waals surface area (Å²) >= 11 is 0. The van der Waals surface area contributed by atoms with Crippen LogP contribution in [-0.4, -0.2) is 19.1 Å². The molecule has 1 aliphatic heterocycles. The molecule has 0 saturated carbocycles. The fourth-order valence-corrected chi connectivity index (χ4v) is 9.71. The Bertz CT molecular complexity index is 3660. The fraction of sp³-hybridized carbons (Fsp3) is 0. The molecule has 9 aromatic carbocycles. The van der Waals surface area contributed by atoms with Gasteiger partial charge in [0, 0.05) is 61.4 Å². The Labute approximate surface area is 351 Å². The number of hydrogen-bond donors (Lipinski definition) is 0. The molecule has 3 aromatic heterocycles. The van der Waals surface area contributed by atoms with E-state index in [1.165, 1.54) is 27.2 Å². The fourth-order valence-electron chi connectivity index (χ4n) is 9.71. The van der Waals surface area contributed by atoms with Gasteiger partial charge in [0.15, 0.2) is 5.82 Å². The van der Waals surface area contributed by atoms with Crippen molar-refractivity contribution in [2.24, 2.45) is 0 Å². The van der Waals surface area contributed by atoms with Crippen molar-refractivity contribution in [1.29, 1.82) is 0 Å². The average Bonchev–Trinajstić information content (AvgIpc) is 3.85. The first-order chi connectivity index (χ1) is 30.3. The van der Waals surface area contributed by atoms with E-state index in [1.807, 2.05) is 24.3 Å². The Morgan fingerprint density at radius 3 is 1.75 bits per heavy atom. The van der Waals surface area contributed by atoms with Crippen molar-refractivity contribution < 1.29 is 4.74 Å². The van der Waals surface area contributed by atoms with Crippen molar-refractivity contribution in [2.75, 3.05) is 0 Å². The Balaban J connectivity index is 1.01. The normalized spacial score (nSPS) is 12.1. The third kappa shape index (κ3) is 5.08. The van der Waals surface area contributed by atoms with Gasteiger partial charge in [-0.1, -0.05) is 152 Å². The molecule has 0 saturated heterocycles. The van der Waals surface area contributed by atoms with Gasteiger partial charge >= 0.3 is 0 Å². The van der Waals surface area contributed by atoms with Crippen molar-refractivity contribution in [3.8, 4) is 67.9 Å². The summed E-state index contributed by atoms with van der Waals surface area (Å²) in [5.74, 6) is 3.21. The predicted octanol–water partition coefficient (Wildman–Crippen LogP) is 14.6. The molecule has 1 aliphatic rings. The quantitative estimate of drug-likeness (QED) is 0.175. The monoisotopic (exact) mass is 778 g/mol. The number of para-hydroxylation sites is 3. The number of nitrogens with zero attached hydrogens (tertiary/aromatic N) is 4. The second-order valence-electron chi connectivity index (χ2n) is 15.7. The van der Waals surface area contributed by atoms with E-state index in [1.54, 1.807) is 0 Å². The van der Waals surface area contributed by atoms with Crippen LogP contribution in [0.4, 0.5) is 0 Å². The Kier molecular flexibility index (Phi) is 7.24. The van der Waals surface area contributed by atoms with Crippen LogP contribution >= 0.6 is 0 Å². The Morgan fingerprint density at radius 2 is 0.967 bits per heavy atom. The summed E-state index contributed by atoms with van der Waals surface area (Å²) in [7, 11) is 0. The molecule has 5 nitrogen and oxygen atoms in total. The molecule has 0 atom stereocenters. The van der Waals surface area contributed by atoms with Crippen LogP contribution in [0.15, 0.2) is 206 Å². The molecule has 0 unspecified atom stereocenters. The zero-order valence-electron chi connectivity index (χ0n) is 32.8. The van der Waals surface area contributed by atoms with E-state index in [0.29, 0.717) is 5.82 Å². The van der Waals surface area contributed by atoms with Gasteiger partial charge in [-0.15, -0.1) is 0 Å². The lowest BCUT2D eigenvalue weighted by atomic mass is 9.90. The van der Waals surface area contributed by atoms with E-state index < -0.39 is 0 Å². The minimum atomic E-state index is 0.683. The van der Waals surface area contributed by atoms with E-state index in [-0.39, 0.29) is 0 Å². The topological polar surface area (TPSA) is 44.9 Å². The van der Waals surface area contributed by atoms with Crippen LogP contribution in [0.2, 0.25) is 0 Å². The lowest BCUT2D eigenvalue weighted by molar-refractivity contribution is 0.488. The molecule has 0 amide bonds. The lowest BCUT2D eigenvalue weighted by Gasteiger charge is -2.23. The smallest absolute Gasteiger partial charge is 0.162 e. The van der Waals surface area contributed by atoms with Crippen molar-refractivity contribution >= 4 is 54.4 Å². The number of benzene rings is 9. The lowest BCUT2D eigenvalue weighted by Crippen LogP contribution is -2.02. The summed E-state index contributed by atoms with van der Waals surface area (Å²) in [6, 6.07) is 72.9. The predicted molar refractivity (Wildman–Crippen MR) is 250 cm³/mol. The van der Waals surface area contributed by atoms with Crippen molar-refractivity contribution in [2.45, 2.75) is 0 Å². The summed E-state index contributed by atoms with van der Waals surface area (Å²) < 4.78 is 11.7. The summed E-state index contributed by atoms with van der Waals surface area (Å²) in [5.41, 5.74) is 12.9.